The number of amides is 2. The van der Waals surface area contributed by atoms with Crippen molar-refractivity contribution in [3.8, 4) is 5.75 Å². The molecule has 1 aliphatic rings. The van der Waals surface area contributed by atoms with E-state index in [1.807, 2.05) is 36.6 Å². The average Bonchev–Trinajstić information content (AvgIpc) is 3.25. The lowest BCUT2D eigenvalue weighted by Crippen LogP contribution is -2.39. The van der Waals surface area contributed by atoms with Gasteiger partial charge >= 0.3 is 12.0 Å². The van der Waals surface area contributed by atoms with E-state index in [2.05, 4.69) is 10.3 Å². The minimum Gasteiger partial charge on any atom is -0.486 e. The molecule has 2 aromatic carbocycles. The van der Waals surface area contributed by atoms with Crippen molar-refractivity contribution in [1.29, 1.82) is 0 Å². The Hall–Kier alpha value is -3.39. The number of aromatic nitrogens is 1. The maximum atomic E-state index is 12.8. The first-order chi connectivity index (χ1) is 14.0. The molecule has 7 nitrogen and oxygen atoms in total. The summed E-state index contributed by atoms with van der Waals surface area (Å²) in [5.41, 5.74) is 3.64. The number of esters is 1. The largest absolute Gasteiger partial charge is 0.486 e. The van der Waals surface area contributed by atoms with E-state index in [4.69, 9.17) is 9.47 Å². The van der Waals surface area contributed by atoms with E-state index in [0.29, 0.717) is 30.2 Å². The highest BCUT2D eigenvalue weighted by molar-refractivity contribution is 7.09. The molecule has 3 aromatic rings. The van der Waals surface area contributed by atoms with Crippen LogP contribution in [-0.4, -0.2) is 24.1 Å². The number of benzene rings is 2. The van der Waals surface area contributed by atoms with Gasteiger partial charge in [-0.1, -0.05) is 12.1 Å². The van der Waals surface area contributed by atoms with Gasteiger partial charge in [-0.05, 0) is 36.2 Å². The summed E-state index contributed by atoms with van der Waals surface area (Å²) in [5, 5.41) is 5.65. The molecule has 148 valence electrons. The fourth-order valence-electron chi connectivity index (χ4n) is 3.13. The minimum atomic E-state index is -0.439. The number of hydrogen-bond donors (Lipinski definition) is 1. The van der Waals surface area contributed by atoms with Crippen molar-refractivity contribution in [2.24, 2.45) is 0 Å². The Labute approximate surface area is 171 Å². The molecule has 0 atom stereocenters. The highest BCUT2D eigenvalue weighted by Crippen LogP contribution is 2.32. The second-order valence-corrected chi connectivity index (χ2v) is 7.52. The van der Waals surface area contributed by atoms with Crippen LogP contribution in [0.4, 0.5) is 16.2 Å². The molecule has 0 fully saturated rings. The van der Waals surface area contributed by atoms with E-state index in [1.165, 1.54) is 18.4 Å². The Morgan fingerprint density at radius 1 is 1.28 bits per heavy atom. The summed E-state index contributed by atoms with van der Waals surface area (Å²) in [5.74, 6) is 0.228. The van der Waals surface area contributed by atoms with Crippen molar-refractivity contribution >= 4 is 34.7 Å². The summed E-state index contributed by atoms with van der Waals surface area (Å²) < 4.78 is 10.6. The number of anilines is 2. The van der Waals surface area contributed by atoms with E-state index in [9.17, 15) is 9.59 Å². The second kappa shape index (κ2) is 7.92. The average molecular weight is 409 g/mol. The van der Waals surface area contributed by atoms with Crippen LogP contribution < -0.4 is 15.0 Å². The highest BCUT2D eigenvalue weighted by atomic mass is 32.1. The van der Waals surface area contributed by atoms with Crippen molar-refractivity contribution in [2.45, 2.75) is 20.1 Å². The van der Waals surface area contributed by atoms with E-state index >= 15 is 0 Å². The molecule has 1 aliphatic heterocycles. The van der Waals surface area contributed by atoms with E-state index in [1.54, 1.807) is 23.2 Å². The fraction of sp³-hybridized carbons (Fsp3) is 0.190. The standard InChI is InChI=1S/C21H19N3O4S/c1-13-3-6-16(28-12-19-22-7-8-29-19)10-18(13)24-11-15-5-4-14(20(25)27-2)9-17(15)23-21(24)26/h3-10H,11-12H2,1-2H3,(H,23,26). The van der Waals surface area contributed by atoms with Crippen LogP contribution in [0, 0.1) is 6.92 Å². The van der Waals surface area contributed by atoms with Crippen molar-refractivity contribution in [3.63, 3.8) is 0 Å². The van der Waals surface area contributed by atoms with Gasteiger partial charge < -0.3 is 14.8 Å². The quantitative estimate of drug-likeness (QED) is 0.633. The van der Waals surface area contributed by atoms with Gasteiger partial charge in [0, 0.05) is 23.3 Å². The number of methoxy groups -OCH3 is 1. The van der Waals surface area contributed by atoms with Gasteiger partial charge in [0.2, 0.25) is 0 Å². The van der Waals surface area contributed by atoms with Gasteiger partial charge in [-0.3, -0.25) is 4.90 Å². The first-order valence-corrected chi connectivity index (χ1v) is 9.84. The van der Waals surface area contributed by atoms with E-state index in [0.717, 1.165) is 21.8 Å². The van der Waals surface area contributed by atoms with Crippen LogP contribution in [0.1, 0.15) is 26.5 Å². The summed E-state index contributed by atoms with van der Waals surface area (Å²) in [6.45, 7) is 2.72. The van der Waals surface area contributed by atoms with Crippen LogP contribution in [0.2, 0.25) is 0 Å². The predicted octanol–water partition coefficient (Wildman–Crippen LogP) is 4.37. The molecule has 1 N–H and O–H groups in total. The molecule has 0 spiro atoms. The molecule has 0 saturated carbocycles. The Morgan fingerprint density at radius 3 is 2.90 bits per heavy atom. The number of urea groups is 1. The van der Waals surface area contributed by atoms with Gasteiger partial charge in [0.1, 0.15) is 17.4 Å². The second-order valence-electron chi connectivity index (χ2n) is 6.54. The number of ether oxygens (including phenoxy) is 2. The number of thiazole rings is 1. The number of fused-ring (bicyclic) bond motifs is 1. The van der Waals surface area contributed by atoms with Crippen molar-refractivity contribution in [2.75, 3.05) is 17.3 Å². The topological polar surface area (TPSA) is 80.8 Å². The summed E-state index contributed by atoms with van der Waals surface area (Å²) in [6.07, 6.45) is 1.74. The van der Waals surface area contributed by atoms with Gasteiger partial charge in [0.15, 0.2) is 0 Å². The number of carbonyl (C=O) groups is 2. The Balaban J connectivity index is 1.57. The zero-order valence-corrected chi connectivity index (χ0v) is 16.8. The van der Waals surface area contributed by atoms with E-state index < -0.39 is 5.97 Å². The van der Waals surface area contributed by atoms with Crippen LogP contribution in [0.5, 0.6) is 5.75 Å². The molecule has 0 aliphatic carbocycles. The van der Waals surface area contributed by atoms with Gasteiger partial charge in [-0.25, -0.2) is 14.6 Å². The molecule has 0 bridgehead atoms. The van der Waals surface area contributed by atoms with Crippen LogP contribution in [0.15, 0.2) is 48.0 Å². The van der Waals surface area contributed by atoms with Gasteiger partial charge in [-0.2, -0.15) is 0 Å². The van der Waals surface area contributed by atoms with Crippen molar-refractivity contribution in [3.05, 3.63) is 69.7 Å². The summed E-state index contributed by atoms with van der Waals surface area (Å²) in [6, 6.07) is 10.6. The van der Waals surface area contributed by atoms with Crippen LogP contribution in [0.3, 0.4) is 0 Å². The molecule has 29 heavy (non-hydrogen) atoms. The number of rotatable bonds is 5. The van der Waals surface area contributed by atoms with Crippen LogP contribution in [-0.2, 0) is 17.9 Å². The number of nitrogens with zero attached hydrogens (tertiary/aromatic N) is 2. The number of carbonyl (C=O) groups excluding carboxylic acids is 2. The monoisotopic (exact) mass is 409 g/mol. The summed E-state index contributed by atoms with van der Waals surface area (Å²) in [4.78, 5) is 30.4. The lowest BCUT2D eigenvalue weighted by atomic mass is 10.1. The molecule has 4 rings (SSSR count). The van der Waals surface area contributed by atoms with Crippen molar-refractivity contribution < 1.29 is 19.1 Å². The molecule has 0 unspecified atom stereocenters. The molecule has 1 aromatic heterocycles. The predicted molar refractivity (Wildman–Crippen MR) is 111 cm³/mol. The van der Waals surface area contributed by atoms with E-state index in [-0.39, 0.29) is 6.03 Å². The Bertz CT molecular complexity index is 1070. The third-order valence-corrected chi connectivity index (χ3v) is 5.42. The van der Waals surface area contributed by atoms with Crippen LogP contribution >= 0.6 is 11.3 Å². The number of aryl methyl sites for hydroxylation is 1. The van der Waals surface area contributed by atoms with Gasteiger partial charge in [-0.15, -0.1) is 11.3 Å². The SMILES string of the molecule is COC(=O)c1ccc2c(c1)NC(=O)N(c1cc(OCc3nccs3)ccc1C)C2. The third-order valence-electron chi connectivity index (χ3n) is 4.66. The van der Waals surface area contributed by atoms with Gasteiger partial charge in [0.25, 0.3) is 0 Å². The first kappa shape index (κ1) is 18.9. The Kier molecular flexibility index (Phi) is 5.18. The highest BCUT2D eigenvalue weighted by Gasteiger charge is 2.26. The molecule has 0 saturated heterocycles. The summed E-state index contributed by atoms with van der Waals surface area (Å²) >= 11 is 1.53. The van der Waals surface area contributed by atoms with Crippen molar-refractivity contribution in [1.82, 2.24) is 4.98 Å². The Morgan fingerprint density at radius 2 is 2.14 bits per heavy atom. The smallest absolute Gasteiger partial charge is 0.337 e. The van der Waals surface area contributed by atoms with Crippen LogP contribution in [0.25, 0.3) is 0 Å². The third kappa shape index (κ3) is 3.93. The first-order valence-electron chi connectivity index (χ1n) is 8.97. The molecular formula is C21H19N3O4S. The maximum absolute atomic E-state index is 12.8. The molecule has 0 radical (unpaired) electrons. The molecular weight excluding hydrogens is 390 g/mol. The lowest BCUT2D eigenvalue weighted by molar-refractivity contribution is 0.0600. The lowest BCUT2D eigenvalue weighted by Gasteiger charge is -2.31. The number of hydrogen-bond acceptors (Lipinski definition) is 6. The zero-order valence-electron chi connectivity index (χ0n) is 16.0. The molecule has 2 heterocycles. The molecule has 2 amide bonds. The van der Waals surface area contributed by atoms with Gasteiger partial charge in [0.05, 0.1) is 24.9 Å². The normalized spacial score (nSPS) is 12.9. The maximum Gasteiger partial charge on any atom is 0.337 e. The minimum absolute atomic E-state index is 0.264. The molecule has 8 heteroatoms. The number of nitrogens with one attached hydrogen (secondary N) is 1. The summed E-state index contributed by atoms with van der Waals surface area (Å²) in [7, 11) is 1.33. The zero-order chi connectivity index (χ0) is 20.4. The fourth-order valence-corrected chi connectivity index (χ4v) is 3.66.